The molecule has 4 rings (SSSR count). The number of H-pyrrole nitrogens is 1. The quantitative estimate of drug-likeness (QED) is 0.803. The van der Waals surface area contributed by atoms with E-state index in [-0.39, 0.29) is 5.56 Å². The number of rotatable bonds is 3. The topological polar surface area (TPSA) is 66.8 Å². The SMILES string of the molecule is Cn1ncc2c(=O)[nH]c(CN3CCC[C@@H]3c3ccsc3)nc21. The van der Waals surface area contributed by atoms with Crippen molar-refractivity contribution in [3.8, 4) is 0 Å². The predicted molar refractivity (Wildman–Crippen MR) is 85.8 cm³/mol. The van der Waals surface area contributed by atoms with E-state index < -0.39 is 0 Å². The average molecular weight is 315 g/mol. The molecule has 6 nitrogen and oxygen atoms in total. The second-order valence-corrected chi connectivity index (χ2v) is 6.48. The van der Waals surface area contributed by atoms with Crippen LogP contribution in [0.4, 0.5) is 0 Å². The lowest BCUT2D eigenvalue weighted by Gasteiger charge is -2.23. The number of aromatic nitrogens is 4. The summed E-state index contributed by atoms with van der Waals surface area (Å²) in [4.78, 5) is 22.0. The molecule has 4 heterocycles. The number of aryl methyl sites for hydroxylation is 1. The first-order valence-corrected chi connectivity index (χ1v) is 8.34. The lowest BCUT2D eigenvalue weighted by atomic mass is 10.1. The fourth-order valence-electron chi connectivity index (χ4n) is 3.20. The van der Waals surface area contributed by atoms with Crippen molar-refractivity contribution in [3.63, 3.8) is 0 Å². The van der Waals surface area contributed by atoms with Crippen LogP contribution in [0.15, 0.2) is 27.8 Å². The molecule has 1 atom stereocenters. The van der Waals surface area contributed by atoms with E-state index in [0.29, 0.717) is 29.4 Å². The molecular formula is C15H17N5OS. The molecule has 1 N–H and O–H groups in total. The predicted octanol–water partition coefficient (Wildman–Crippen LogP) is 2.06. The van der Waals surface area contributed by atoms with Gasteiger partial charge in [0.25, 0.3) is 5.56 Å². The molecule has 22 heavy (non-hydrogen) atoms. The van der Waals surface area contributed by atoms with Gasteiger partial charge in [-0.1, -0.05) is 0 Å². The Bertz CT molecular complexity index is 851. The molecule has 0 aliphatic carbocycles. The van der Waals surface area contributed by atoms with Crippen LogP contribution in [0.1, 0.15) is 30.3 Å². The molecule has 3 aromatic rings. The van der Waals surface area contributed by atoms with Gasteiger partial charge in [0.15, 0.2) is 5.65 Å². The van der Waals surface area contributed by atoms with Crippen molar-refractivity contribution in [2.75, 3.05) is 6.54 Å². The Labute approximate surface area is 131 Å². The van der Waals surface area contributed by atoms with Gasteiger partial charge >= 0.3 is 0 Å². The van der Waals surface area contributed by atoms with Gasteiger partial charge in [0.2, 0.25) is 0 Å². The Hall–Kier alpha value is -1.99. The molecule has 3 aromatic heterocycles. The standard InChI is InChI=1S/C15H17N5OS/c1-19-14-11(7-16-19)15(21)18-13(17-14)8-20-5-2-3-12(20)10-4-6-22-9-10/h4,6-7,9,12H,2-3,5,8H2,1H3,(H,17,18,21)/t12-/m1/s1. The third-order valence-electron chi connectivity index (χ3n) is 4.30. The Morgan fingerprint density at radius 1 is 1.50 bits per heavy atom. The molecule has 1 aliphatic rings. The van der Waals surface area contributed by atoms with Gasteiger partial charge in [-0.25, -0.2) is 4.98 Å². The fraction of sp³-hybridized carbons (Fsp3) is 0.400. The van der Waals surface area contributed by atoms with E-state index in [4.69, 9.17) is 0 Å². The van der Waals surface area contributed by atoms with Crippen molar-refractivity contribution in [1.82, 2.24) is 24.6 Å². The zero-order chi connectivity index (χ0) is 15.1. The smallest absolute Gasteiger partial charge is 0.262 e. The van der Waals surface area contributed by atoms with Gasteiger partial charge in [0.1, 0.15) is 11.2 Å². The van der Waals surface area contributed by atoms with Crippen molar-refractivity contribution in [2.24, 2.45) is 7.05 Å². The first-order valence-electron chi connectivity index (χ1n) is 7.39. The molecule has 0 radical (unpaired) electrons. The molecule has 0 spiro atoms. The van der Waals surface area contributed by atoms with Gasteiger partial charge in [-0.3, -0.25) is 14.4 Å². The summed E-state index contributed by atoms with van der Waals surface area (Å²) < 4.78 is 1.65. The van der Waals surface area contributed by atoms with Crippen LogP contribution < -0.4 is 5.56 Å². The number of fused-ring (bicyclic) bond motifs is 1. The minimum Gasteiger partial charge on any atom is -0.309 e. The van der Waals surface area contributed by atoms with Crippen molar-refractivity contribution in [2.45, 2.75) is 25.4 Å². The summed E-state index contributed by atoms with van der Waals surface area (Å²) in [6.07, 6.45) is 3.91. The summed E-state index contributed by atoms with van der Waals surface area (Å²) in [6.45, 7) is 1.70. The van der Waals surface area contributed by atoms with Crippen LogP contribution in [-0.2, 0) is 13.6 Å². The van der Waals surface area contributed by atoms with Crippen LogP contribution in [0, 0.1) is 0 Å². The second-order valence-electron chi connectivity index (χ2n) is 5.70. The summed E-state index contributed by atoms with van der Waals surface area (Å²) in [7, 11) is 1.81. The Morgan fingerprint density at radius 2 is 2.41 bits per heavy atom. The number of hydrogen-bond donors (Lipinski definition) is 1. The van der Waals surface area contributed by atoms with E-state index in [0.717, 1.165) is 13.0 Å². The molecule has 0 unspecified atom stereocenters. The number of thiophene rings is 1. The Balaban J connectivity index is 1.65. The average Bonchev–Trinajstić information content (AvgIpc) is 3.20. The maximum Gasteiger partial charge on any atom is 0.262 e. The first-order chi connectivity index (χ1) is 10.7. The maximum atomic E-state index is 12.1. The van der Waals surface area contributed by atoms with Crippen LogP contribution in [0.5, 0.6) is 0 Å². The molecule has 0 saturated carbocycles. The zero-order valence-corrected chi connectivity index (χ0v) is 13.1. The molecular weight excluding hydrogens is 298 g/mol. The van der Waals surface area contributed by atoms with Crippen LogP contribution in [-0.4, -0.2) is 31.2 Å². The molecule has 1 fully saturated rings. The summed E-state index contributed by atoms with van der Waals surface area (Å²) in [6, 6.07) is 2.62. The highest BCUT2D eigenvalue weighted by atomic mass is 32.1. The summed E-state index contributed by atoms with van der Waals surface area (Å²) in [5.74, 6) is 0.711. The number of nitrogens with zero attached hydrogens (tertiary/aromatic N) is 4. The van der Waals surface area contributed by atoms with E-state index in [2.05, 4.69) is 36.8 Å². The van der Waals surface area contributed by atoms with Gasteiger partial charge in [-0.15, -0.1) is 0 Å². The van der Waals surface area contributed by atoms with Crippen molar-refractivity contribution >= 4 is 22.4 Å². The van der Waals surface area contributed by atoms with E-state index in [1.807, 2.05) is 7.05 Å². The van der Waals surface area contributed by atoms with Crippen LogP contribution in [0.25, 0.3) is 11.0 Å². The van der Waals surface area contributed by atoms with Gasteiger partial charge in [0.05, 0.1) is 12.7 Å². The normalized spacial score (nSPS) is 19.2. The molecule has 7 heteroatoms. The highest BCUT2D eigenvalue weighted by Crippen LogP contribution is 2.33. The van der Waals surface area contributed by atoms with Gasteiger partial charge in [-0.05, 0) is 41.8 Å². The number of aromatic amines is 1. The maximum absolute atomic E-state index is 12.1. The molecule has 1 aliphatic heterocycles. The van der Waals surface area contributed by atoms with E-state index in [9.17, 15) is 4.79 Å². The molecule has 0 bridgehead atoms. The van der Waals surface area contributed by atoms with E-state index in [1.54, 1.807) is 22.2 Å². The summed E-state index contributed by atoms with van der Waals surface area (Å²) in [5, 5.41) is 8.98. The monoisotopic (exact) mass is 315 g/mol. The first kappa shape index (κ1) is 13.7. The number of hydrogen-bond acceptors (Lipinski definition) is 5. The Morgan fingerprint density at radius 3 is 3.23 bits per heavy atom. The molecule has 0 aromatic carbocycles. The molecule has 1 saturated heterocycles. The van der Waals surface area contributed by atoms with E-state index >= 15 is 0 Å². The largest absolute Gasteiger partial charge is 0.309 e. The Kier molecular flexibility index (Phi) is 3.31. The van der Waals surface area contributed by atoms with Gasteiger partial charge < -0.3 is 4.98 Å². The molecule has 114 valence electrons. The zero-order valence-electron chi connectivity index (χ0n) is 12.3. The van der Waals surface area contributed by atoms with Crippen molar-refractivity contribution in [3.05, 3.63) is 44.8 Å². The number of likely N-dealkylation sites (tertiary alicyclic amines) is 1. The highest BCUT2D eigenvalue weighted by Gasteiger charge is 2.27. The highest BCUT2D eigenvalue weighted by molar-refractivity contribution is 7.07. The lowest BCUT2D eigenvalue weighted by molar-refractivity contribution is 0.242. The summed E-state index contributed by atoms with van der Waals surface area (Å²) in [5.41, 5.74) is 1.90. The summed E-state index contributed by atoms with van der Waals surface area (Å²) >= 11 is 1.73. The van der Waals surface area contributed by atoms with Crippen LogP contribution >= 0.6 is 11.3 Å². The number of nitrogens with one attached hydrogen (secondary N) is 1. The van der Waals surface area contributed by atoms with Crippen molar-refractivity contribution in [1.29, 1.82) is 0 Å². The van der Waals surface area contributed by atoms with E-state index in [1.165, 1.54) is 12.0 Å². The fourth-order valence-corrected chi connectivity index (χ4v) is 3.91. The second kappa shape index (κ2) is 5.33. The van der Waals surface area contributed by atoms with Gasteiger partial charge in [0, 0.05) is 13.1 Å². The van der Waals surface area contributed by atoms with Crippen LogP contribution in [0.2, 0.25) is 0 Å². The minimum atomic E-state index is -0.112. The molecule has 0 amide bonds. The van der Waals surface area contributed by atoms with Crippen molar-refractivity contribution < 1.29 is 0 Å². The van der Waals surface area contributed by atoms with Gasteiger partial charge in [-0.2, -0.15) is 16.4 Å². The van der Waals surface area contributed by atoms with Crippen LogP contribution in [0.3, 0.4) is 0 Å². The minimum absolute atomic E-state index is 0.112. The third kappa shape index (κ3) is 2.26. The lowest BCUT2D eigenvalue weighted by Crippen LogP contribution is -2.25. The third-order valence-corrected chi connectivity index (χ3v) is 5.00.